The van der Waals surface area contributed by atoms with Crippen LogP contribution in [0.2, 0.25) is 5.02 Å². The molecule has 8 nitrogen and oxygen atoms in total. The van der Waals surface area contributed by atoms with Gasteiger partial charge < -0.3 is 4.90 Å². The predicted octanol–water partition coefficient (Wildman–Crippen LogP) is 1.81. The highest BCUT2D eigenvalue weighted by molar-refractivity contribution is 6.33. The first-order chi connectivity index (χ1) is 13.7. The number of likely N-dealkylation sites (N-methyl/N-ethyl adjacent to an activating group) is 1. The van der Waals surface area contributed by atoms with Crippen molar-refractivity contribution in [2.75, 3.05) is 26.2 Å². The smallest absolute Gasteiger partial charge is 0.237 e. The Morgan fingerprint density at radius 1 is 1.18 bits per heavy atom. The van der Waals surface area contributed by atoms with E-state index in [1.54, 1.807) is 6.33 Å². The average molecular weight is 398 g/mol. The van der Waals surface area contributed by atoms with Gasteiger partial charge in [-0.25, -0.2) is 14.6 Å². The number of benzene rings is 1. The lowest BCUT2D eigenvalue weighted by Gasteiger charge is -2.33. The first-order valence-electron chi connectivity index (χ1n) is 9.38. The van der Waals surface area contributed by atoms with Gasteiger partial charge in [0.2, 0.25) is 5.91 Å². The van der Waals surface area contributed by atoms with Crippen LogP contribution >= 0.6 is 11.6 Å². The fraction of sp³-hybridized carbons (Fsp3) is 0.368. The number of piperazine rings is 1. The molecule has 2 aromatic heterocycles. The molecule has 0 N–H and O–H groups in total. The number of fused-ring (bicyclic) bond motifs is 5. The zero-order valence-electron chi connectivity index (χ0n) is 15.5. The first kappa shape index (κ1) is 17.4. The third kappa shape index (κ3) is 2.71. The van der Waals surface area contributed by atoms with E-state index in [-0.39, 0.29) is 5.91 Å². The number of aromatic nitrogens is 5. The third-order valence-corrected chi connectivity index (χ3v) is 5.78. The van der Waals surface area contributed by atoms with Crippen molar-refractivity contribution in [2.45, 2.75) is 20.0 Å². The third-order valence-electron chi connectivity index (χ3n) is 5.47. The molecule has 1 fully saturated rings. The maximum atomic E-state index is 12.6. The Balaban J connectivity index is 1.56. The van der Waals surface area contributed by atoms with Gasteiger partial charge in [-0.05, 0) is 18.7 Å². The van der Waals surface area contributed by atoms with Crippen LogP contribution in [0.5, 0.6) is 0 Å². The number of carbonyl (C=O) groups excluding carboxylic acids is 1. The van der Waals surface area contributed by atoms with Gasteiger partial charge >= 0.3 is 0 Å². The summed E-state index contributed by atoms with van der Waals surface area (Å²) in [6.45, 7) is 6.05. The second kappa shape index (κ2) is 6.72. The molecule has 0 saturated carbocycles. The first-order valence-corrected chi connectivity index (χ1v) is 9.76. The average Bonchev–Trinajstić information content (AvgIpc) is 3.28. The molecule has 0 aliphatic carbocycles. The van der Waals surface area contributed by atoms with Crippen LogP contribution in [-0.2, 0) is 17.9 Å². The molecule has 1 aromatic carbocycles. The lowest BCUT2D eigenvalue weighted by atomic mass is 10.1. The molecule has 1 saturated heterocycles. The molecule has 3 aromatic rings. The Morgan fingerprint density at radius 2 is 2.07 bits per heavy atom. The summed E-state index contributed by atoms with van der Waals surface area (Å²) in [5.74, 6) is 1.70. The highest BCUT2D eigenvalue weighted by Crippen LogP contribution is 2.36. The monoisotopic (exact) mass is 397 g/mol. The van der Waals surface area contributed by atoms with Crippen molar-refractivity contribution in [3.63, 3.8) is 0 Å². The summed E-state index contributed by atoms with van der Waals surface area (Å²) in [4.78, 5) is 25.7. The van der Waals surface area contributed by atoms with Crippen molar-refractivity contribution in [3.05, 3.63) is 47.3 Å². The van der Waals surface area contributed by atoms with Crippen molar-refractivity contribution in [1.29, 1.82) is 0 Å². The van der Waals surface area contributed by atoms with Gasteiger partial charge in [-0.1, -0.05) is 24.6 Å². The van der Waals surface area contributed by atoms with Crippen LogP contribution in [0.1, 0.15) is 18.4 Å². The molecule has 0 spiro atoms. The zero-order valence-corrected chi connectivity index (χ0v) is 16.3. The van der Waals surface area contributed by atoms with Crippen LogP contribution in [-0.4, -0.2) is 66.2 Å². The SMILES string of the molecule is CCN1CCN(Cc2ncc3n2-c2cccc(Cl)c2-c2ncnn2C3)C(=O)C1. The maximum Gasteiger partial charge on any atom is 0.237 e. The van der Waals surface area contributed by atoms with Crippen molar-refractivity contribution in [2.24, 2.45) is 0 Å². The summed E-state index contributed by atoms with van der Waals surface area (Å²) in [6.07, 6.45) is 3.39. The van der Waals surface area contributed by atoms with E-state index in [2.05, 4.69) is 31.5 Å². The van der Waals surface area contributed by atoms with E-state index in [4.69, 9.17) is 11.6 Å². The second-order valence-electron chi connectivity index (χ2n) is 7.06. The fourth-order valence-electron chi connectivity index (χ4n) is 3.96. The van der Waals surface area contributed by atoms with E-state index in [1.165, 1.54) is 0 Å². The van der Waals surface area contributed by atoms with Crippen molar-refractivity contribution >= 4 is 17.5 Å². The second-order valence-corrected chi connectivity index (χ2v) is 7.47. The lowest BCUT2D eigenvalue weighted by Crippen LogP contribution is -2.49. The van der Waals surface area contributed by atoms with Crippen LogP contribution in [0.25, 0.3) is 17.1 Å². The zero-order chi connectivity index (χ0) is 19.3. The van der Waals surface area contributed by atoms with Crippen LogP contribution < -0.4 is 0 Å². The summed E-state index contributed by atoms with van der Waals surface area (Å²) < 4.78 is 3.93. The molecular weight excluding hydrogens is 378 g/mol. The normalized spacial score (nSPS) is 16.5. The molecule has 2 aliphatic heterocycles. The molecule has 0 radical (unpaired) electrons. The van der Waals surface area contributed by atoms with Gasteiger partial charge in [0, 0.05) is 13.1 Å². The van der Waals surface area contributed by atoms with Gasteiger partial charge in [-0.15, -0.1) is 0 Å². The number of halogens is 1. The van der Waals surface area contributed by atoms with E-state index >= 15 is 0 Å². The van der Waals surface area contributed by atoms with E-state index in [0.717, 1.165) is 41.7 Å². The van der Waals surface area contributed by atoms with Crippen LogP contribution in [0.4, 0.5) is 0 Å². The Bertz CT molecular complexity index is 1060. The fourth-order valence-corrected chi connectivity index (χ4v) is 4.21. The number of hydrogen-bond donors (Lipinski definition) is 0. The topological polar surface area (TPSA) is 72.1 Å². The summed E-state index contributed by atoms with van der Waals surface area (Å²) in [5.41, 5.74) is 2.74. The summed E-state index contributed by atoms with van der Waals surface area (Å²) in [6, 6.07) is 5.79. The Hall–Kier alpha value is -2.71. The Labute approximate surface area is 167 Å². The minimum atomic E-state index is 0.139. The molecule has 2 aliphatic rings. The van der Waals surface area contributed by atoms with Gasteiger partial charge in [0.05, 0.1) is 47.8 Å². The van der Waals surface area contributed by atoms with Crippen LogP contribution in [0, 0.1) is 0 Å². The molecule has 144 valence electrons. The van der Waals surface area contributed by atoms with E-state index in [1.807, 2.05) is 34.0 Å². The largest absolute Gasteiger partial charge is 0.333 e. The van der Waals surface area contributed by atoms with Gasteiger partial charge in [0.15, 0.2) is 5.82 Å². The number of nitrogens with zero attached hydrogens (tertiary/aromatic N) is 7. The predicted molar refractivity (Wildman–Crippen MR) is 104 cm³/mol. The molecule has 9 heteroatoms. The number of amides is 1. The van der Waals surface area contributed by atoms with Gasteiger partial charge in [-0.3, -0.25) is 14.3 Å². The van der Waals surface area contributed by atoms with Crippen LogP contribution in [0.15, 0.2) is 30.7 Å². The Kier molecular flexibility index (Phi) is 4.17. The summed E-state index contributed by atoms with van der Waals surface area (Å²) in [5, 5.41) is 4.96. The van der Waals surface area contributed by atoms with E-state index in [0.29, 0.717) is 31.2 Å². The van der Waals surface area contributed by atoms with Crippen molar-refractivity contribution in [3.8, 4) is 17.1 Å². The lowest BCUT2D eigenvalue weighted by molar-refractivity contribution is -0.136. The maximum absolute atomic E-state index is 12.6. The molecular formula is C19H20ClN7O. The molecule has 1 amide bonds. The molecule has 0 unspecified atom stereocenters. The molecule has 5 rings (SSSR count). The number of carbonyl (C=O) groups is 1. The van der Waals surface area contributed by atoms with Crippen molar-refractivity contribution in [1.82, 2.24) is 34.1 Å². The minimum Gasteiger partial charge on any atom is -0.333 e. The summed E-state index contributed by atoms with van der Waals surface area (Å²) in [7, 11) is 0. The number of rotatable bonds is 3. The minimum absolute atomic E-state index is 0.139. The number of imidazole rings is 1. The van der Waals surface area contributed by atoms with E-state index in [9.17, 15) is 4.79 Å². The van der Waals surface area contributed by atoms with E-state index < -0.39 is 0 Å². The molecule has 28 heavy (non-hydrogen) atoms. The van der Waals surface area contributed by atoms with Crippen LogP contribution in [0.3, 0.4) is 0 Å². The Morgan fingerprint density at radius 3 is 2.89 bits per heavy atom. The quantitative estimate of drug-likeness (QED) is 0.527. The standard InChI is InChI=1S/C19H20ClN7O/c1-2-24-6-7-25(17(28)11-24)10-16-21-8-13-9-26-19(22-12-23-26)18-14(20)4-3-5-15(18)27(13)16/h3-5,8,12H,2,6-7,9-11H2,1H3. The number of hydrogen-bond acceptors (Lipinski definition) is 5. The summed E-state index contributed by atoms with van der Waals surface area (Å²) >= 11 is 6.55. The highest BCUT2D eigenvalue weighted by atomic mass is 35.5. The van der Waals surface area contributed by atoms with Gasteiger partial charge in [0.1, 0.15) is 12.2 Å². The molecule has 0 atom stereocenters. The van der Waals surface area contributed by atoms with Gasteiger partial charge in [0.25, 0.3) is 0 Å². The van der Waals surface area contributed by atoms with Gasteiger partial charge in [-0.2, -0.15) is 5.10 Å². The van der Waals surface area contributed by atoms with Crippen molar-refractivity contribution < 1.29 is 4.79 Å². The molecule has 4 heterocycles. The molecule has 0 bridgehead atoms. The highest BCUT2D eigenvalue weighted by Gasteiger charge is 2.28.